The van der Waals surface area contributed by atoms with Gasteiger partial charge in [-0.05, 0) is 68.8 Å². The normalized spacial score (nSPS) is 15.1. The van der Waals surface area contributed by atoms with Crippen LogP contribution in [0, 0.1) is 20.8 Å². The summed E-state index contributed by atoms with van der Waals surface area (Å²) in [6.45, 7) is 7.54. The highest BCUT2D eigenvalue weighted by atomic mass is 16.5. The fourth-order valence-electron chi connectivity index (χ4n) is 2.38. The number of methoxy groups -OCH3 is 1. The van der Waals surface area contributed by atoms with Crippen LogP contribution in [-0.4, -0.2) is 19.7 Å². The maximum Gasteiger partial charge on any atom is 0.125 e. The highest BCUT2D eigenvalue weighted by molar-refractivity contribution is 5.49. The molecule has 1 aromatic rings. The van der Waals surface area contributed by atoms with Crippen LogP contribution < -0.4 is 10.1 Å². The molecule has 1 N–H and O–H groups in total. The van der Waals surface area contributed by atoms with E-state index in [1.54, 1.807) is 7.11 Å². The molecule has 1 aromatic carbocycles. The molecule has 0 spiro atoms. The summed E-state index contributed by atoms with van der Waals surface area (Å²) in [6, 6.07) is 3.05. The van der Waals surface area contributed by atoms with Crippen LogP contribution in [0.3, 0.4) is 0 Å². The molecular weight excluding hydrogens is 210 g/mol. The molecule has 0 radical (unpaired) electrons. The molecule has 1 saturated carbocycles. The summed E-state index contributed by atoms with van der Waals surface area (Å²) in [6.07, 6.45) is 3.76. The summed E-state index contributed by atoms with van der Waals surface area (Å²) < 4.78 is 5.58. The van der Waals surface area contributed by atoms with E-state index in [0.717, 1.165) is 24.8 Å². The Balaban J connectivity index is 2.14. The van der Waals surface area contributed by atoms with Gasteiger partial charge in [-0.15, -0.1) is 0 Å². The number of nitrogens with one attached hydrogen (secondary N) is 1. The van der Waals surface area contributed by atoms with E-state index in [2.05, 4.69) is 32.2 Å². The fraction of sp³-hybridized carbons (Fsp3) is 0.600. The van der Waals surface area contributed by atoms with Crippen molar-refractivity contribution in [3.63, 3.8) is 0 Å². The Morgan fingerprint density at radius 2 is 1.94 bits per heavy atom. The van der Waals surface area contributed by atoms with Gasteiger partial charge < -0.3 is 10.1 Å². The van der Waals surface area contributed by atoms with E-state index < -0.39 is 0 Å². The molecule has 2 heteroatoms. The van der Waals surface area contributed by atoms with Crippen molar-refractivity contribution in [3.05, 3.63) is 28.3 Å². The molecule has 17 heavy (non-hydrogen) atoms. The van der Waals surface area contributed by atoms with Gasteiger partial charge in [0.15, 0.2) is 0 Å². The molecule has 0 unspecified atom stereocenters. The molecule has 0 aromatic heterocycles. The molecule has 1 aliphatic rings. The van der Waals surface area contributed by atoms with Crippen LogP contribution in [0.2, 0.25) is 0 Å². The standard InChI is InChI=1S/C15H23NO/c1-10-9-11(2)14(15(17-4)12(10)3)7-8-16-13-5-6-13/h9,13,16H,5-8H2,1-4H3. The fourth-order valence-corrected chi connectivity index (χ4v) is 2.38. The number of aryl methyl sites for hydroxylation is 2. The summed E-state index contributed by atoms with van der Waals surface area (Å²) in [7, 11) is 1.78. The van der Waals surface area contributed by atoms with Crippen molar-refractivity contribution < 1.29 is 4.74 Å². The van der Waals surface area contributed by atoms with Crippen LogP contribution in [0.15, 0.2) is 6.07 Å². The predicted octanol–water partition coefficient (Wildman–Crippen LogP) is 2.91. The van der Waals surface area contributed by atoms with Crippen molar-refractivity contribution >= 4 is 0 Å². The molecule has 0 bridgehead atoms. The quantitative estimate of drug-likeness (QED) is 0.844. The van der Waals surface area contributed by atoms with Gasteiger partial charge in [0.2, 0.25) is 0 Å². The van der Waals surface area contributed by atoms with Crippen molar-refractivity contribution in [2.24, 2.45) is 0 Å². The van der Waals surface area contributed by atoms with Crippen LogP contribution in [0.25, 0.3) is 0 Å². The minimum atomic E-state index is 0.785. The topological polar surface area (TPSA) is 21.3 Å². The van der Waals surface area contributed by atoms with Crippen molar-refractivity contribution in [2.45, 2.75) is 46.1 Å². The summed E-state index contributed by atoms with van der Waals surface area (Å²) in [5.41, 5.74) is 5.31. The van der Waals surface area contributed by atoms with E-state index in [1.165, 1.54) is 35.1 Å². The molecule has 1 aliphatic carbocycles. The zero-order valence-corrected chi connectivity index (χ0v) is 11.4. The molecular formula is C15H23NO. The van der Waals surface area contributed by atoms with E-state index in [0.29, 0.717) is 0 Å². The lowest BCUT2D eigenvalue weighted by Crippen LogP contribution is -2.20. The van der Waals surface area contributed by atoms with E-state index in [1.807, 2.05) is 0 Å². The third-order valence-electron chi connectivity index (χ3n) is 3.70. The third-order valence-corrected chi connectivity index (χ3v) is 3.70. The molecule has 0 aliphatic heterocycles. The summed E-state index contributed by atoms with van der Waals surface area (Å²) in [4.78, 5) is 0. The van der Waals surface area contributed by atoms with Gasteiger partial charge in [-0.2, -0.15) is 0 Å². The monoisotopic (exact) mass is 233 g/mol. The van der Waals surface area contributed by atoms with E-state index in [4.69, 9.17) is 4.74 Å². The number of hydrogen-bond acceptors (Lipinski definition) is 2. The van der Waals surface area contributed by atoms with Gasteiger partial charge in [-0.3, -0.25) is 0 Å². The van der Waals surface area contributed by atoms with Crippen molar-refractivity contribution in [2.75, 3.05) is 13.7 Å². The summed E-state index contributed by atoms with van der Waals surface area (Å²) in [5, 5.41) is 3.56. The van der Waals surface area contributed by atoms with Crippen LogP contribution >= 0.6 is 0 Å². The van der Waals surface area contributed by atoms with Gasteiger partial charge in [0.1, 0.15) is 5.75 Å². The van der Waals surface area contributed by atoms with Gasteiger partial charge in [-0.1, -0.05) is 6.07 Å². The Morgan fingerprint density at radius 1 is 1.24 bits per heavy atom. The Morgan fingerprint density at radius 3 is 2.53 bits per heavy atom. The SMILES string of the molecule is COc1c(C)c(C)cc(C)c1CCNC1CC1. The Hall–Kier alpha value is -1.02. The smallest absolute Gasteiger partial charge is 0.125 e. The Kier molecular flexibility index (Phi) is 3.72. The maximum absolute atomic E-state index is 5.58. The van der Waals surface area contributed by atoms with Gasteiger partial charge >= 0.3 is 0 Å². The van der Waals surface area contributed by atoms with Gasteiger partial charge in [-0.25, -0.2) is 0 Å². The van der Waals surface area contributed by atoms with Crippen molar-refractivity contribution in [1.82, 2.24) is 5.32 Å². The second-order valence-corrected chi connectivity index (χ2v) is 5.13. The molecule has 0 heterocycles. The van der Waals surface area contributed by atoms with E-state index in [9.17, 15) is 0 Å². The minimum absolute atomic E-state index is 0.785. The molecule has 2 nitrogen and oxygen atoms in total. The first kappa shape index (κ1) is 12.4. The largest absolute Gasteiger partial charge is 0.496 e. The van der Waals surface area contributed by atoms with Crippen LogP contribution in [0.5, 0.6) is 5.75 Å². The lowest BCUT2D eigenvalue weighted by molar-refractivity contribution is 0.405. The summed E-state index contributed by atoms with van der Waals surface area (Å²) in [5.74, 6) is 1.08. The van der Waals surface area contributed by atoms with E-state index >= 15 is 0 Å². The Labute approximate surface area is 104 Å². The van der Waals surface area contributed by atoms with Gasteiger partial charge in [0, 0.05) is 6.04 Å². The average molecular weight is 233 g/mol. The van der Waals surface area contributed by atoms with Gasteiger partial charge in [0.05, 0.1) is 7.11 Å². The predicted molar refractivity (Wildman–Crippen MR) is 71.9 cm³/mol. The van der Waals surface area contributed by atoms with Crippen LogP contribution in [0.1, 0.15) is 35.1 Å². The molecule has 1 fully saturated rings. The maximum atomic E-state index is 5.58. The highest BCUT2D eigenvalue weighted by Crippen LogP contribution is 2.29. The first-order valence-electron chi connectivity index (χ1n) is 6.50. The molecule has 2 rings (SSSR count). The van der Waals surface area contributed by atoms with Crippen molar-refractivity contribution in [1.29, 1.82) is 0 Å². The second-order valence-electron chi connectivity index (χ2n) is 5.13. The minimum Gasteiger partial charge on any atom is -0.496 e. The average Bonchev–Trinajstić information content (AvgIpc) is 3.09. The van der Waals surface area contributed by atoms with Crippen molar-refractivity contribution in [3.8, 4) is 5.75 Å². The number of hydrogen-bond donors (Lipinski definition) is 1. The zero-order valence-electron chi connectivity index (χ0n) is 11.4. The second kappa shape index (κ2) is 5.09. The first-order chi connectivity index (χ1) is 8.13. The van der Waals surface area contributed by atoms with E-state index in [-0.39, 0.29) is 0 Å². The zero-order chi connectivity index (χ0) is 12.4. The number of benzene rings is 1. The third kappa shape index (κ3) is 2.81. The summed E-state index contributed by atoms with van der Waals surface area (Å²) >= 11 is 0. The Bertz CT molecular complexity index is 408. The molecule has 0 saturated heterocycles. The first-order valence-corrected chi connectivity index (χ1v) is 6.50. The number of ether oxygens (including phenoxy) is 1. The molecule has 0 atom stereocenters. The van der Waals surface area contributed by atoms with Crippen LogP contribution in [0.4, 0.5) is 0 Å². The highest BCUT2D eigenvalue weighted by Gasteiger charge is 2.20. The lowest BCUT2D eigenvalue weighted by Gasteiger charge is -2.16. The van der Waals surface area contributed by atoms with Crippen LogP contribution in [-0.2, 0) is 6.42 Å². The molecule has 94 valence electrons. The lowest BCUT2D eigenvalue weighted by atomic mass is 9.97. The molecule has 0 amide bonds. The van der Waals surface area contributed by atoms with Gasteiger partial charge in [0.25, 0.3) is 0 Å². The number of rotatable bonds is 5.